The Morgan fingerprint density at radius 2 is 1.68 bits per heavy atom. The fraction of sp³-hybridized carbons (Fsp3) is 0.556. The molecule has 0 fully saturated rings. The van der Waals surface area contributed by atoms with Gasteiger partial charge < -0.3 is 25.0 Å². The van der Waals surface area contributed by atoms with Crippen molar-refractivity contribution in [1.29, 1.82) is 0 Å². The van der Waals surface area contributed by atoms with Gasteiger partial charge >= 0.3 is 12.1 Å². The molecule has 2 unspecified atom stereocenters. The van der Waals surface area contributed by atoms with Crippen molar-refractivity contribution in [2.24, 2.45) is 0 Å². The number of nitrogens with one attached hydrogen (secondary N) is 2. The van der Waals surface area contributed by atoms with Crippen LogP contribution in [0.25, 0.3) is 0 Å². The first-order valence-corrected chi connectivity index (χ1v) is 13.3. The van der Waals surface area contributed by atoms with Gasteiger partial charge in [0.15, 0.2) is 0 Å². The third-order valence-corrected chi connectivity index (χ3v) is 5.74. The maximum atomic E-state index is 14.1. The number of hydrogen-bond donors (Lipinski definition) is 2. The van der Waals surface area contributed by atoms with Gasteiger partial charge in [-0.2, -0.15) is 11.8 Å². The monoisotopic (exact) mass is 533 g/mol. The molecule has 3 amide bonds. The fourth-order valence-electron chi connectivity index (χ4n) is 3.46. The van der Waals surface area contributed by atoms with Crippen LogP contribution in [-0.2, 0) is 23.9 Å². The second kappa shape index (κ2) is 13.9. The molecule has 0 aliphatic heterocycles. The molecule has 1 aromatic carbocycles. The SMILES string of the molecule is C#Cc1ccc(C(C(=O)NCC(=O)OC)N(C(=O)C(CCSC)NC(=O)OC(C)(C)C)C(C)(C)C)cc1. The maximum Gasteiger partial charge on any atom is 0.408 e. The predicted molar refractivity (Wildman–Crippen MR) is 145 cm³/mol. The van der Waals surface area contributed by atoms with Crippen molar-refractivity contribution in [1.82, 2.24) is 15.5 Å². The van der Waals surface area contributed by atoms with E-state index in [0.29, 0.717) is 23.3 Å². The van der Waals surface area contributed by atoms with Crippen LogP contribution in [0.15, 0.2) is 24.3 Å². The minimum Gasteiger partial charge on any atom is -0.468 e. The van der Waals surface area contributed by atoms with Crippen LogP contribution in [0.4, 0.5) is 4.79 Å². The Balaban J connectivity index is 3.55. The van der Waals surface area contributed by atoms with E-state index < -0.39 is 47.1 Å². The molecule has 0 spiro atoms. The summed E-state index contributed by atoms with van der Waals surface area (Å²) >= 11 is 1.52. The topological polar surface area (TPSA) is 114 Å². The van der Waals surface area contributed by atoms with Crippen LogP contribution in [0, 0.1) is 12.3 Å². The molecule has 0 aliphatic rings. The number of carbonyl (C=O) groups is 4. The third-order valence-electron chi connectivity index (χ3n) is 5.09. The molecule has 204 valence electrons. The molecule has 0 radical (unpaired) electrons. The lowest BCUT2D eigenvalue weighted by Crippen LogP contribution is -2.59. The molecule has 0 aromatic heterocycles. The van der Waals surface area contributed by atoms with E-state index in [-0.39, 0.29) is 6.54 Å². The highest BCUT2D eigenvalue weighted by Gasteiger charge is 2.41. The van der Waals surface area contributed by atoms with Crippen molar-refractivity contribution >= 4 is 35.6 Å². The number of terminal acetylenes is 1. The van der Waals surface area contributed by atoms with E-state index in [1.54, 1.807) is 65.8 Å². The highest BCUT2D eigenvalue weighted by atomic mass is 32.2. The zero-order valence-corrected chi connectivity index (χ0v) is 23.8. The van der Waals surface area contributed by atoms with Gasteiger partial charge in [-0.3, -0.25) is 14.4 Å². The van der Waals surface area contributed by atoms with Crippen molar-refractivity contribution in [3.05, 3.63) is 35.4 Å². The Hall–Kier alpha value is -3.19. The molecule has 0 saturated heterocycles. The summed E-state index contributed by atoms with van der Waals surface area (Å²) < 4.78 is 10.0. The quantitative estimate of drug-likeness (QED) is 0.350. The van der Waals surface area contributed by atoms with Crippen molar-refractivity contribution < 1.29 is 28.7 Å². The lowest BCUT2D eigenvalue weighted by atomic mass is 9.94. The Kier molecular flexibility index (Phi) is 12.0. The lowest BCUT2D eigenvalue weighted by molar-refractivity contribution is -0.149. The zero-order valence-electron chi connectivity index (χ0n) is 23.0. The second-order valence-electron chi connectivity index (χ2n) is 10.3. The van der Waals surface area contributed by atoms with E-state index in [1.165, 1.54) is 23.8 Å². The average Bonchev–Trinajstić information content (AvgIpc) is 2.81. The third kappa shape index (κ3) is 10.4. The molecule has 2 atom stereocenters. The van der Waals surface area contributed by atoms with Crippen molar-refractivity contribution in [2.75, 3.05) is 25.7 Å². The zero-order chi connectivity index (χ0) is 28.4. The molecule has 1 rings (SSSR count). The molecular formula is C27H39N3O6S. The molecular weight excluding hydrogens is 494 g/mol. The molecule has 37 heavy (non-hydrogen) atoms. The number of nitrogens with zero attached hydrogens (tertiary/aromatic N) is 1. The summed E-state index contributed by atoms with van der Waals surface area (Å²) in [5.41, 5.74) is -0.515. The van der Waals surface area contributed by atoms with Crippen LogP contribution < -0.4 is 10.6 Å². The number of benzene rings is 1. The number of esters is 1. The maximum absolute atomic E-state index is 14.1. The van der Waals surface area contributed by atoms with Crippen LogP contribution in [0.2, 0.25) is 0 Å². The van der Waals surface area contributed by atoms with E-state index in [9.17, 15) is 19.2 Å². The van der Waals surface area contributed by atoms with E-state index >= 15 is 0 Å². The molecule has 0 bridgehead atoms. The first-order valence-electron chi connectivity index (χ1n) is 11.9. The number of ether oxygens (including phenoxy) is 2. The summed E-state index contributed by atoms with van der Waals surface area (Å²) in [6, 6.07) is 4.60. The lowest BCUT2D eigenvalue weighted by Gasteiger charge is -2.43. The van der Waals surface area contributed by atoms with E-state index in [4.69, 9.17) is 11.2 Å². The van der Waals surface area contributed by atoms with Crippen LogP contribution in [0.5, 0.6) is 0 Å². The number of methoxy groups -OCH3 is 1. The summed E-state index contributed by atoms with van der Waals surface area (Å²) in [7, 11) is 1.22. The second-order valence-corrected chi connectivity index (χ2v) is 11.3. The Labute approximate surface area is 224 Å². The number of rotatable bonds is 10. The van der Waals surface area contributed by atoms with Gasteiger partial charge in [-0.25, -0.2) is 4.79 Å². The van der Waals surface area contributed by atoms with E-state index in [1.807, 2.05) is 6.26 Å². The molecule has 2 N–H and O–H groups in total. The van der Waals surface area contributed by atoms with Crippen molar-refractivity contribution in [2.45, 2.75) is 71.2 Å². The number of amides is 3. The molecule has 0 heterocycles. The number of hydrogen-bond acceptors (Lipinski definition) is 7. The smallest absolute Gasteiger partial charge is 0.408 e. The number of carbonyl (C=O) groups excluding carboxylic acids is 4. The van der Waals surface area contributed by atoms with Gasteiger partial charge in [0.25, 0.3) is 0 Å². The number of thioether (sulfide) groups is 1. The minimum atomic E-state index is -1.12. The van der Waals surface area contributed by atoms with Gasteiger partial charge in [-0.1, -0.05) is 18.1 Å². The molecule has 9 nitrogen and oxygen atoms in total. The number of alkyl carbamates (subject to hydrolysis) is 1. The molecule has 0 aliphatic carbocycles. The van der Waals surface area contributed by atoms with Gasteiger partial charge in [0.1, 0.15) is 24.2 Å². The standard InChI is InChI=1S/C27H39N3O6S/c1-10-18-11-13-19(14-12-18)22(23(32)28-17-21(31)35-8)30(26(2,3)4)24(33)20(15-16-37-9)29-25(34)36-27(5,6)7/h1,11-14,20,22H,15-17H2,2-9H3,(H,28,32)(H,29,34). The van der Waals surface area contributed by atoms with Crippen LogP contribution in [-0.4, -0.2) is 71.6 Å². The summed E-state index contributed by atoms with van der Waals surface area (Å²) in [6.07, 6.45) is 6.97. The van der Waals surface area contributed by atoms with Crippen LogP contribution in [0.3, 0.4) is 0 Å². The van der Waals surface area contributed by atoms with E-state index in [2.05, 4.69) is 21.3 Å². The van der Waals surface area contributed by atoms with Crippen molar-refractivity contribution in [3.63, 3.8) is 0 Å². The Morgan fingerprint density at radius 3 is 2.14 bits per heavy atom. The van der Waals surface area contributed by atoms with E-state index in [0.717, 1.165) is 0 Å². The first kappa shape index (κ1) is 31.8. The average molecular weight is 534 g/mol. The largest absolute Gasteiger partial charge is 0.468 e. The van der Waals surface area contributed by atoms with Gasteiger partial charge in [-0.05, 0) is 77.7 Å². The van der Waals surface area contributed by atoms with Gasteiger partial charge in [0.05, 0.1) is 7.11 Å². The van der Waals surface area contributed by atoms with Gasteiger partial charge in [-0.15, -0.1) is 6.42 Å². The molecule has 1 aromatic rings. The normalized spacial score (nSPS) is 12.9. The fourth-order valence-corrected chi connectivity index (χ4v) is 3.93. The predicted octanol–water partition coefficient (Wildman–Crippen LogP) is 3.27. The van der Waals surface area contributed by atoms with Crippen LogP contribution in [0.1, 0.15) is 65.1 Å². The van der Waals surface area contributed by atoms with Crippen LogP contribution >= 0.6 is 11.8 Å². The Bertz CT molecular complexity index is 989. The molecule has 0 saturated carbocycles. The summed E-state index contributed by atoms with van der Waals surface area (Å²) in [5.74, 6) is 1.43. The van der Waals surface area contributed by atoms with Crippen molar-refractivity contribution in [3.8, 4) is 12.3 Å². The highest BCUT2D eigenvalue weighted by molar-refractivity contribution is 7.98. The van der Waals surface area contributed by atoms with Gasteiger partial charge in [0, 0.05) is 11.1 Å². The molecule has 10 heteroatoms. The summed E-state index contributed by atoms with van der Waals surface area (Å²) in [4.78, 5) is 53.3. The summed E-state index contributed by atoms with van der Waals surface area (Å²) in [5, 5.41) is 5.24. The first-order chi connectivity index (χ1) is 17.1. The summed E-state index contributed by atoms with van der Waals surface area (Å²) in [6.45, 7) is 10.2. The minimum absolute atomic E-state index is 0.318. The Morgan fingerprint density at radius 1 is 1.08 bits per heavy atom. The van der Waals surface area contributed by atoms with Gasteiger partial charge in [0.2, 0.25) is 11.8 Å². The highest BCUT2D eigenvalue weighted by Crippen LogP contribution is 2.31.